The van der Waals surface area contributed by atoms with Crippen molar-refractivity contribution in [3.63, 3.8) is 0 Å². The molecule has 1 atom stereocenters. The molecule has 5 nitrogen and oxygen atoms in total. The van der Waals surface area contributed by atoms with E-state index in [1.165, 1.54) is 0 Å². The van der Waals surface area contributed by atoms with Crippen molar-refractivity contribution in [2.45, 2.75) is 17.4 Å². The molecular formula is C16H15N3O2S. The van der Waals surface area contributed by atoms with Crippen LogP contribution < -0.4 is 10.0 Å². The van der Waals surface area contributed by atoms with Crippen molar-refractivity contribution in [1.82, 2.24) is 4.72 Å². The molecule has 2 N–H and O–H groups in total. The molecule has 112 valence electrons. The van der Waals surface area contributed by atoms with Crippen LogP contribution in [0.15, 0.2) is 53.4 Å². The predicted molar refractivity (Wildman–Crippen MR) is 83.9 cm³/mol. The average Bonchev–Trinajstić information content (AvgIpc) is 2.54. The maximum absolute atomic E-state index is 12.3. The minimum atomic E-state index is -3.53. The van der Waals surface area contributed by atoms with Gasteiger partial charge in [-0.25, -0.2) is 13.1 Å². The lowest BCUT2D eigenvalue weighted by Crippen LogP contribution is -2.43. The summed E-state index contributed by atoms with van der Waals surface area (Å²) in [5, 5.41) is 12.2. The molecule has 3 rings (SSSR count). The van der Waals surface area contributed by atoms with E-state index in [0.29, 0.717) is 18.5 Å². The highest BCUT2D eigenvalue weighted by atomic mass is 32.2. The van der Waals surface area contributed by atoms with Gasteiger partial charge in [-0.05, 0) is 42.3 Å². The van der Waals surface area contributed by atoms with Crippen LogP contribution in [0.2, 0.25) is 0 Å². The Balaban J connectivity index is 1.79. The Morgan fingerprint density at radius 3 is 2.68 bits per heavy atom. The van der Waals surface area contributed by atoms with Crippen molar-refractivity contribution in [2.75, 3.05) is 11.9 Å². The third kappa shape index (κ3) is 2.96. The van der Waals surface area contributed by atoms with Gasteiger partial charge in [-0.15, -0.1) is 0 Å². The van der Waals surface area contributed by atoms with Crippen LogP contribution in [0.3, 0.4) is 0 Å². The Labute approximate surface area is 129 Å². The fraction of sp³-hybridized carbons (Fsp3) is 0.188. The van der Waals surface area contributed by atoms with Gasteiger partial charge in [-0.2, -0.15) is 5.26 Å². The first kappa shape index (κ1) is 14.6. The summed E-state index contributed by atoms with van der Waals surface area (Å²) >= 11 is 0. The highest BCUT2D eigenvalue weighted by molar-refractivity contribution is 7.89. The molecule has 22 heavy (non-hydrogen) atoms. The van der Waals surface area contributed by atoms with Crippen molar-refractivity contribution in [1.29, 1.82) is 5.26 Å². The summed E-state index contributed by atoms with van der Waals surface area (Å²) in [5.74, 6) is 0. The van der Waals surface area contributed by atoms with E-state index in [1.54, 1.807) is 42.5 Å². The summed E-state index contributed by atoms with van der Waals surface area (Å²) in [5.41, 5.74) is 2.48. The third-order valence-corrected chi connectivity index (χ3v) is 5.15. The zero-order chi connectivity index (χ0) is 15.6. The number of sulfonamides is 1. The molecule has 0 saturated heterocycles. The zero-order valence-corrected chi connectivity index (χ0v) is 12.6. The molecule has 0 amide bonds. The third-order valence-electron chi connectivity index (χ3n) is 3.61. The van der Waals surface area contributed by atoms with Gasteiger partial charge >= 0.3 is 0 Å². The molecule has 1 aliphatic heterocycles. The number of rotatable bonds is 3. The molecule has 0 aromatic heterocycles. The van der Waals surface area contributed by atoms with Gasteiger partial charge in [0.2, 0.25) is 10.0 Å². The molecule has 0 radical (unpaired) electrons. The van der Waals surface area contributed by atoms with Gasteiger partial charge in [0, 0.05) is 18.3 Å². The Bertz CT molecular complexity index is 826. The van der Waals surface area contributed by atoms with E-state index in [1.807, 2.05) is 6.07 Å². The quantitative estimate of drug-likeness (QED) is 0.906. The van der Waals surface area contributed by atoms with Crippen molar-refractivity contribution in [2.24, 2.45) is 0 Å². The van der Waals surface area contributed by atoms with Gasteiger partial charge in [0.1, 0.15) is 0 Å². The number of benzene rings is 2. The van der Waals surface area contributed by atoms with Crippen molar-refractivity contribution in [3.05, 3.63) is 59.7 Å². The minimum Gasteiger partial charge on any atom is -0.383 e. The second-order valence-corrected chi connectivity index (χ2v) is 6.91. The number of nitrogens with zero attached hydrogens (tertiary/aromatic N) is 1. The molecule has 1 aliphatic rings. The van der Waals surface area contributed by atoms with Crippen LogP contribution in [0.5, 0.6) is 0 Å². The zero-order valence-electron chi connectivity index (χ0n) is 11.8. The molecule has 6 heteroatoms. The standard InChI is InChI=1S/C16H15N3O2S/c17-10-12-6-7-16-13(8-12)9-14(11-18-16)19-22(20,21)15-4-2-1-3-5-15/h1-8,14,18-19H,9,11H2. The van der Waals surface area contributed by atoms with Crippen molar-refractivity contribution < 1.29 is 8.42 Å². The molecule has 1 unspecified atom stereocenters. The number of anilines is 1. The SMILES string of the molecule is N#Cc1ccc2c(c1)CC(NS(=O)(=O)c1ccccc1)CN2. The number of nitriles is 1. The maximum atomic E-state index is 12.3. The molecular weight excluding hydrogens is 298 g/mol. The van der Waals surface area contributed by atoms with Crippen LogP contribution in [-0.4, -0.2) is 21.0 Å². The van der Waals surface area contributed by atoms with Crippen molar-refractivity contribution in [3.8, 4) is 6.07 Å². The Kier molecular flexibility index (Phi) is 3.84. The molecule has 2 aromatic rings. The normalized spacial score (nSPS) is 17.1. The monoisotopic (exact) mass is 313 g/mol. The van der Waals surface area contributed by atoms with Crippen LogP contribution in [-0.2, 0) is 16.4 Å². The Morgan fingerprint density at radius 1 is 1.18 bits per heavy atom. The molecule has 1 heterocycles. The highest BCUT2D eigenvalue weighted by Crippen LogP contribution is 2.23. The smallest absolute Gasteiger partial charge is 0.240 e. The largest absolute Gasteiger partial charge is 0.383 e. The van der Waals surface area contributed by atoms with Gasteiger partial charge in [0.25, 0.3) is 0 Å². The van der Waals surface area contributed by atoms with E-state index >= 15 is 0 Å². The van der Waals surface area contributed by atoms with Gasteiger partial charge in [-0.1, -0.05) is 18.2 Å². The molecule has 0 saturated carbocycles. The number of fused-ring (bicyclic) bond motifs is 1. The lowest BCUT2D eigenvalue weighted by Gasteiger charge is -2.27. The molecule has 0 fully saturated rings. The van der Waals surface area contributed by atoms with Crippen molar-refractivity contribution >= 4 is 15.7 Å². The van der Waals surface area contributed by atoms with E-state index < -0.39 is 10.0 Å². The van der Waals surface area contributed by atoms with Crippen LogP contribution in [0.25, 0.3) is 0 Å². The summed E-state index contributed by atoms with van der Waals surface area (Å²) in [6, 6.07) is 15.6. The van der Waals surface area contributed by atoms with E-state index in [-0.39, 0.29) is 10.9 Å². The first-order valence-corrected chi connectivity index (χ1v) is 8.41. The van der Waals surface area contributed by atoms with E-state index in [0.717, 1.165) is 11.3 Å². The molecule has 2 aromatic carbocycles. The molecule has 0 bridgehead atoms. The second-order valence-electron chi connectivity index (χ2n) is 5.20. The molecule has 0 spiro atoms. The van der Waals surface area contributed by atoms with Gasteiger partial charge in [-0.3, -0.25) is 0 Å². The fourth-order valence-corrected chi connectivity index (χ4v) is 3.80. The topological polar surface area (TPSA) is 82.0 Å². The second kappa shape index (κ2) is 5.79. The van der Waals surface area contributed by atoms with Gasteiger partial charge < -0.3 is 5.32 Å². The van der Waals surface area contributed by atoms with Crippen LogP contribution >= 0.6 is 0 Å². The summed E-state index contributed by atoms with van der Waals surface area (Å²) < 4.78 is 27.4. The number of hydrogen-bond donors (Lipinski definition) is 2. The van der Waals surface area contributed by atoms with Gasteiger partial charge in [0.05, 0.1) is 16.5 Å². The predicted octanol–water partition coefficient (Wildman–Crippen LogP) is 1.87. The summed E-state index contributed by atoms with van der Waals surface area (Å²) in [4.78, 5) is 0.256. The summed E-state index contributed by atoms with van der Waals surface area (Å²) in [6.07, 6.45) is 0.559. The lowest BCUT2D eigenvalue weighted by molar-refractivity contribution is 0.548. The number of hydrogen-bond acceptors (Lipinski definition) is 4. The average molecular weight is 313 g/mol. The first-order chi connectivity index (χ1) is 10.6. The van der Waals surface area contributed by atoms with E-state index in [2.05, 4.69) is 16.1 Å². The first-order valence-electron chi connectivity index (χ1n) is 6.93. The Hall–Kier alpha value is -2.36. The Morgan fingerprint density at radius 2 is 1.95 bits per heavy atom. The minimum absolute atomic E-state index is 0.244. The molecule has 0 aliphatic carbocycles. The fourth-order valence-electron chi connectivity index (χ4n) is 2.55. The van der Waals surface area contributed by atoms with Gasteiger partial charge in [0.15, 0.2) is 0 Å². The van der Waals surface area contributed by atoms with E-state index in [4.69, 9.17) is 5.26 Å². The summed E-state index contributed by atoms with van der Waals surface area (Å²) in [6.45, 7) is 0.519. The highest BCUT2D eigenvalue weighted by Gasteiger charge is 2.24. The lowest BCUT2D eigenvalue weighted by atomic mass is 9.98. The maximum Gasteiger partial charge on any atom is 0.240 e. The van der Waals surface area contributed by atoms with Crippen LogP contribution in [0, 0.1) is 11.3 Å². The van der Waals surface area contributed by atoms with Crippen LogP contribution in [0.4, 0.5) is 5.69 Å². The number of nitrogens with one attached hydrogen (secondary N) is 2. The van der Waals surface area contributed by atoms with E-state index in [9.17, 15) is 8.42 Å². The summed E-state index contributed by atoms with van der Waals surface area (Å²) in [7, 11) is -3.53. The van der Waals surface area contributed by atoms with Crippen LogP contribution in [0.1, 0.15) is 11.1 Å².